The molecule has 21 heavy (non-hydrogen) atoms. The third kappa shape index (κ3) is 2.69. The summed E-state index contributed by atoms with van der Waals surface area (Å²) in [4.78, 5) is 0. The summed E-state index contributed by atoms with van der Waals surface area (Å²) in [6.45, 7) is 1.82. The molecule has 3 rings (SSSR count). The molecular weight excluding hydrogens is 335 g/mol. The van der Waals surface area contributed by atoms with Crippen molar-refractivity contribution in [1.82, 2.24) is 5.16 Å². The van der Waals surface area contributed by atoms with Crippen LogP contribution in [0, 0.1) is 12.7 Å². The molecule has 0 saturated heterocycles. The summed E-state index contributed by atoms with van der Waals surface area (Å²) in [5.74, 6) is 0.429. The first-order valence-corrected chi connectivity index (χ1v) is 7.12. The summed E-state index contributed by atoms with van der Waals surface area (Å²) in [6, 6.07) is 12.3. The first kappa shape index (κ1) is 13.8. The van der Waals surface area contributed by atoms with Crippen molar-refractivity contribution in [1.29, 1.82) is 0 Å². The highest BCUT2D eigenvalue weighted by Crippen LogP contribution is 2.37. The number of nitrogens with zero attached hydrogens (tertiary/aromatic N) is 1. The van der Waals surface area contributed by atoms with Crippen LogP contribution in [0.4, 0.5) is 10.2 Å². The summed E-state index contributed by atoms with van der Waals surface area (Å²) < 4.78 is 19.9. The Hall–Kier alpha value is -2.14. The molecule has 1 heterocycles. The van der Waals surface area contributed by atoms with Crippen LogP contribution < -0.4 is 5.73 Å². The standard InChI is InChI=1S/C16H12BrFN2O/c1-9-5-11(8-13(18)6-9)15-14(16(19)20-21-15)10-3-2-4-12(17)7-10/h2-8H,1H3,(H2,19,20). The lowest BCUT2D eigenvalue weighted by Gasteiger charge is -2.05. The maximum Gasteiger partial charge on any atom is 0.177 e. The second kappa shape index (κ2) is 5.33. The maximum absolute atomic E-state index is 13.6. The number of aromatic nitrogens is 1. The molecule has 0 unspecified atom stereocenters. The van der Waals surface area contributed by atoms with E-state index in [2.05, 4.69) is 21.1 Å². The van der Waals surface area contributed by atoms with E-state index in [-0.39, 0.29) is 11.6 Å². The zero-order valence-corrected chi connectivity index (χ0v) is 12.8. The molecule has 0 bridgehead atoms. The Bertz CT molecular complexity index is 794. The second-order valence-corrected chi connectivity index (χ2v) is 5.72. The van der Waals surface area contributed by atoms with E-state index >= 15 is 0 Å². The van der Waals surface area contributed by atoms with E-state index < -0.39 is 0 Å². The molecule has 0 aliphatic rings. The number of nitrogen functional groups attached to an aromatic ring is 1. The predicted octanol–water partition coefficient (Wildman–Crippen LogP) is 4.80. The summed E-state index contributed by atoms with van der Waals surface area (Å²) >= 11 is 3.42. The van der Waals surface area contributed by atoms with Crippen molar-refractivity contribution in [2.24, 2.45) is 0 Å². The van der Waals surface area contributed by atoms with Gasteiger partial charge in [-0.3, -0.25) is 0 Å². The molecule has 106 valence electrons. The van der Waals surface area contributed by atoms with Crippen LogP contribution in [0.5, 0.6) is 0 Å². The summed E-state index contributed by atoms with van der Waals surface area (Å²) in [6.07, 6.45) is 0. The van der Waals surface area contributed by atoms with Gasteiger partial charge in [0.25, 0.3) is 0 Å². The van der Waals surface area contributed by atoms with Crippen molar-refractivity contribution in [3.8, 4) is 22.5 Å². The van der Waals surface area contributed by atoms with Crippen LogP contribution >= 0.6 is 15.9 Å². The van der Waals surface area contributed by atoms with E-state index in [4.69, 9.17) is 10.3 Å². The van der Waals surface area contributed by atoms with Gasteiger partial charge >= 0.3 is 0 Å². The smallest absolute Gasteiger partial charge is 0.177 e. The zero-order valence-electron chi connectivity index (χ0n) is 11.2. The molecule has 0 atom stereocenters. The highest BCUT2D eigenvalue weighted by Gasteiger charge is 2.18. The van der Waals surface area contributed by atoms with Crippen LogP contribution in [0.2, 0.25) is 0 Å². The zero-order chi connectivity index (χ0) is 15.0. The van der Waals surface area contributed by atoms with Gasteiger partial charge in [0.1, 0.15) is 5.82 Å². The summed E-state index contributed by atoms with van der Waals surface area (Å²) in [5, 5.41) is 3.82. The lowest BCUT2D eigenvalue weighted by Crippen LogP contribution is -1.89. The van der Waals surface area contributed by atoms with Crippen molar-refractivity contribution >= 4 is 21.7 Å². The van der Waals surface area contributed by atoms with Crippen LogP contribution in [-0.2, 0) is 0 Å². The third-order valence-corrected chi connectivity index (χ3v) is 3.63. The average molecular weight is 347 g/mol. The molecule has 1 aromatic heterocycles. The third-order valence-electron chi connectivity index (χ3n) is 3.14. The quantitative estimate of drug-likeness (QED) is 0.724. The van der Waals surface area contributed by atoms with Gasteiger partial charge in [-0.25, -0.2) is 4.39 Å². The molecule has 2 N–H and O–H groups in total. The van der Waals surface area contributed by atoms with Crippen LogP contribution in [0.25, 0.3) is 22.5 Å². The van der Waals surface area contributed by atoms with Gasteiger partial charge in [0, 0.05) is 10.0 Å². The lowest BCUT2D eigenvalue weighted by molar-refractivity contribution is 0.435. The van der Waals surface area contributed by atoms with Gasteiger partial charge in [-0.2, -0.15) is 0 Å². The van der Waals surface area contributed by atoms with Gasteiger partial charge in [-0.05, 0) is 48.4 Å². The first-order chi connectivity index (χ1) is 10.0. The highest BCUT2D eigenvalue weighted by molar-refractivity contribution is 9.10. The molecule has 0 aliphatic heterocycles. The van der Waals surface area contributed by atoms with Crippen LogP contribution in [0.3, 0.4) is 0 Å². The lowest BCUT2D eigenvalue weighted by atomic mass is 10.0. The van der Waals surface area contributed by atoms with Gasteiger partial charge < -0.3 is 10.3 Å². The summed E-state index contributed by atoms with van der Waals surface area (Å²) in [5.41, 5.74) is 8.88. The fourth-order valence-corrected chi connectivity index (χ4v) is 2.69. The SMILES string of the molecule is Cc1cc(F)cc(-c2onc(N)c2-c2cccc(Br)c2)c1. The summed E-state index contributed by atoms with van der Waals surface area (Å²) in [7, 11) is 0. The number of aryl methyl sites for hydroxylation is 1. The second-order valence-electron chi connectivity index (χ2n) is 4.80. The molecule has 0 fully saturated rings. The molecule has 0 spiro atoms. The highest BCUT2D eigenvalue weighted by atomic mass is 79.9. The molecule has 3 aromatic rings. The van der Waals surface area contributed by atoms with Crippen molar-refractivity contribution in [3.63, 3.8) is 0 Å². The van der Waals surface area contributed by atoms with E-state index in [1.807, 2.05) is 37.3 Å². The van der Waals surface area contributed by atoms with Crippen molar-refractivity contribution in [2.75, 3.05) is 5.73 Å². The molecule has 0 radical (unpaired) electrons. The normalized spacial score (nSPS) is 10.8. The number of rotatable bonds is 2. The van der Waals surface area contributed by atoms with E-state index in [1.165, 1.54) is 12.1 Å². The van der Waals surface area contributed by atoms with Gasteiger partial charge in [-0.1, -0.05) is 33.2 Å². The van der Waals surface area contributed by atoms with Crippen molar-refractivity contribution < 1.29 is 8.91 Å². The Morgan fingerprint density at radius 3 is 2.67 bits per heavy atom. The Labute approximate surface area is 129 Å². The van der Waals surface area contributed by atoms with Crippen LogP contribution in [0.1, 0.15) is 5.56 Å². The Morgan fingerprint density at radius 2 is 1.95 bits per heavy atom. The fraction of sp³-hybridized carbons (Fsp3) is 0.0625. The minimum atomic E-state index is -0.319. The minimum absolute atomic E-state index is 0.282. The molecule has 0 saturated carbocycles. The fourth-order valence-electron chi connectivity index (χ4n) is 2.29. The maximum atomic E-state index is 13.6. The van der Waals surface area contributed by atoms with Crippen molar-refractivity contribution in [2.45, 2.75) is 6.92 Å². The average Bonchev–Trinajstić information content (AvgIpc) is 2.79. The Balaban J connectivity index is 2.21. The number of benzene rings is 2. The largest absolute Gasteiger partial charge is 0.380 e. The molecule has 3 nitrogen and oxygen atoms in total. The van der Waals surface area contributed by atoms with Crippen LogP contribution in [-0.4, -0.2) is 5.16 Å². The van der Waals surface area contributed by atoms with E-state index in [0.29, 0.717) is 16.9 Å². The Morgan fingerprint density at radius 1 is 1.14 bits per heavy atom. The minimum Gasteiger partial charge on any atom is -0.380 e. The number of halogens is 2. The van der Waals surface area contributed by atoms with E-state index in [0.717, 1.165) is 15.6 Å². The van der Waals surface area contributed by atoms with Gasteiger partial charge in [-0.15, -0.1) is 0 Å². The van der Waals surface area contributed by atoms with Gasteiger partial charge in [0.05, 0.1) is 5.56 Å². The topological polar surface area (TPSA) is 52.0 Å². The molecule has 0 aliphatic carbocycles. The first-order valence-electron chi connectivity index (χ1n) is 6.33. The molecular formula is C16H12BrFN2O. The number of anilines is 1. The monoisotopic (exact) mass is 346 g/mol. The van der Waals surface area contributed by atoms with Gasteiger partial charge in [0.2, 0.25) is 0 Å². The number of nitrogens with two attached hydrogens (primary N) is 1. The van der Waals surface area contributed by atoms with E-state index in [1.54, 1.807) is 0 Å². The predicted molar refractivity (Wildman–Crippen MR) is 84.2 cm³/mol. The van der Waals surface area contributed by atoms with E-state index in [9.17, 15) is 4.39 Å². The number of hydrogen-bond acceptors (Lipinski definition) is 3. The van der Waals surface area contributed by atoms with Gasteiger partial charge in [0.15, 0.2) is 11.6 Å². The molecule has 5 heteroatoms. The molecule has 0 amide bonds. The molecule has 2 aromatic carbocycles. The number of hydrogen-bond donors (Lipinski definition) is 1. The Kier molecular flexibility index (Phi) is 3.51. The van der Waals surface area contributed by atoms with Crippen molar-refractivity contribution in [3.05, 3.63) is 58.3 Å². The van der Waals surface area contributed by atoms with Crippen LogP contribution in [0.15, 0.2) is 51.5 Å².